The molecule has 2 N–H and O–H groups in total. The summed E-state index contributed by atoms with van der Waals surface area (Å²) >= 11 is 0. The zero-order valence-electron chi connectivity index (χ0n) is 12.9. The molecule has 4 heterocycles. The van der Waals surface area contributed by atoms with Gasteiger partial charge in [-0.2, -0.15) is 4.98 Å². The molecule has 3 aromatic heterocycles. The van der Waals surface area contributed by atoms with Crippen molar-refractivity contribution in [3.8, 4) is 23.0 Å². The molecule has 5 rings (SSSR count). The first-order chi connectivity index (χ1) is 12.3. The van der Waals surface area contributed by atoms with Crippen molar-refractivity contribution in [2.24, 2.45) is 0 Å². The van der Waals surface area contributed by atoms with Crippen LogP contribution in [0.4, 0.5) is 5.95 Å². The van der Waals surface area contributed by atoms with Gasteiger partial charge in [0.1, 0.15) is 5.69 Å². The molecule has 0 bridgehead atoms. The van der Waals surface area contributed by atoms with Crippen LogP contribution in [0, 0.1) is 0 Å². The van der Waals surface area contributed by atoms with Gasteiger partial charge in [-0.25, -0.2) is 9.67 Å². The van der Waals surface area contributed by atoms with E-state index in [1.54, 1.807) is 23.1 Å². The number of hydrogen-bond donors (Lipinski definition) is 1. The summed E-state index contributed by atoms with van der Waals surface area (Å²) in [6.45, 7) is 0.697. The number of nitrogens with two attached hydrogens (primary N) is 1. The Bertz CT molecular complexity index is 1070. The van der Waals surface area contributed by atoms with E-state index in [1.165, 1.54) is 0 Å². The van der Waals surface area contributed by atoms with Gasteiger partial charge in [0.2, 0.25) is 12.7 Å². The smallest absolute Gasteiger partial charge is 0.231 e. The minimum Gasteiger partial charge on any atom is -0.463 e. The molecule has 0 amide bonds. The summed E-state index contributed by atoms with van der Waals surface area (Å²) < 4.78 is 17.8. The molecule has 4 aromatic rings. The van der Waals surface area contributed by atoms with Crippen molar-refractivity contribution in [1.82, 2.24) is 25.0 Å². The molecule has 1 aromatic carbocycles. The van der Waals surface area contributed by atoms with E-state index in [2.05, 4.69) is 20.3 Å². The van der Waals surface area contributed by atoms with Gasteiger partial charge < -0.3 is 19.6 Å². The molecule has 1 aliphatic rings. The second-order valence-electron chi connectivity index (χ2n) is 5.51. The number of furan rings is 1. The third-order valence-corrected chi connectivity index (χ3v) is 3.90. The molecule has 0 spiro atoms. The van der Waals surface area contributed by atoms with Gasteiger partial charge in [-0.1, -0.05) is 11.3 Å². The average molecular weight is 336 g/mol. The van der Waals surface area contributed by atoms with Crippen LogP contribution in [0.1, 0.15) is 5.56 Å². The molecule has 25 heavy (non-hydrogen) atoms. The van der Waals surface area contributed by atoms with Gasteiger partial charge in [-0.15, -0.1) is 5.10 Å². The predicted octanol–water partition coefficient (Wildman–Crippen LogP) is 1.84. The molecule has 0 saturated carbocycles. The molecule has 9 heteroatoms. The summed E-state index contributed by atoms with van der Waals surface area (Å²) in [7, 11) is 0. The van der Waals surface area contributed by atoms with Crippen LogP contribution < -0.4 is 15.2 Å². The summed E-state index contributed by atoms with van der Waals surface area (Å²) in [6, 6.07) is 9.29. The number of benzene rings is 1. The van der Waals surface area contributed by atoms with Crippen LogP contribution in [0.5, 0.6) is 11.5 Å². The van der Waals surface area contributed by atoms with Crippen LogP contribution in [-0.4, -0.2) is 31.8 Å². The monoisotopic (exact) mass is 336 g/mol. The van der Waals surface area contributed by atoms with E-state index < -0.39 is 0 Å². The van der Waals surface area contributed by atoms with E-state index in [0.717, 1.165) is 11.3 Å². The van der Waals surface area contributed by atoms with E-state index in [0.29, 0.717) is 34.9 Å². The highest BCUT2D eigenvalue weighted by Crippen LogP contribution is 2.33. The Morgan fingerprint density at radius 1 is 1.12 bits per heavy atom. The second-order valence-corrected chi connectivity index (χ2v) is 5.51. The first-order valence-corrected chi connectivity index (χ1v) is 7.57. The van der Waals surface area contributed by atoms with E-state index in [9.17, 15) is 0 Å². The first-order valence-electron chi connectivity index (χ1n) is 7.57. The second kappa shape index (κ2) is 5.20. The fourth-order valence-electron chi connectivity index (χ4n) is 2.78. The zero-order valence-corrected chi connectivity index (χ0v) is 12.9. The maximum atomic E-state index is 5.86. The van der Waals surface area contributed by atoms with E-state index >= 15 is 0 Å². The quantitative estimate of drug-likeness (QED) is 0.603. The van der Waals surface area contributed by atoms with E-state index in [1.807, 2.05) is 18.2 Å². The number of ether oxygens (including phenoxy) is 2. The van der Waals surface area contributed by atoms with Crippen LogP contribution >= 0.6 is 0 Å². The summed E-state index contributed by atoms with van der Waals surface area (Å²) in [6.07, 6.45) is 1.57. The number of fused-ring (bicyclic) bond motifs is 2. The van der Waals surface area contributed by atoms with Gasteiger partial charge in [0, 0.05) is 0 Å². The molecular weight excluding hydrogens is 324 g/mol. The highest BCUT2D eigenvalue weighted by atomic mass is 16.7. The normalized spacial score (nSPS) is 12.8. The Balaban J connectivity index is 1.58. The standard InChI is InChI=1S/C16H12N6O3/c17-16-18-13(11-2-1-5-23-11)14-15(19-16)22(21-20-14)7-9-3-4-10-12(6-9)25-8-24-10/h1-6H,7-8H2,(H2,17,18,19). The summed E-state index contributed by atoms with van der Waals surface area (Å²) in [4.78, 5) is 8.51. The number of rotatable bonds is 3. The van der Waals surface area contributed by atoms with Crippen molar-refractivity contribution in [2.75, 3.05) is 12.5 Å². The fourth-order valence-corrected chi connectivity index (χ4v) is 2.78. The van der Waals surface area contributed by atoms with Crippen molar-refractivity contribution in [2.45, 2.75) is 6.54 Å². The maximum Gasteiger partial charge on any atom is 0.231 e. The Morgan fingerprint density at radius 3 is 2.92 bits per heavy atom. The molecule has 0 fully saturated rings. The highest BCUT2D eigenvalue weighted by molar-refractivity contribution is 5.85. The van der Waals surface area contributed by atoms with Crippen molar-refractivity contribution < 1.29 is 13.9 Å². The lowest BCUT2D eigenvalue weighted by molar-refractivity contribution is 0.174. The van der Waals surface area contributed by atoms with Gasteiger partial charge in [0.05, 0.1) is 12.8 Å². The molecule has 0 aliphatic carbocycles. The fraction of sp³-hybridized carbons (Fsp3) is 0.125. The van der Waals surface area contributed by atoms with Gasteiger partial charge >= 0.3 is 0 Å². The maximum absolute atomic E-state index is 5.86. The van der Waals surface area contributed by atoms with Crippen LogP contribution in [0.25, 0.3) is 22.6 Å². The summed E-state index contributed by atoms with van der Waals surface area (Å²) in [5.41, 5.74) is 8.42. The SMILES string of the molecule is Nc1nc(-c2ccco2)c2nnn(Cc3ccc4c(c3)OCO4)c2n1. The van der Waals surface area contributed by atoms with Gasteiger partial charge in [-0.3, -0.25) is 0 Å². The van der Waals surface area contributed by atoms with E-state index in [-0.39, 0.29) is 12.7 Å². The number of nitrogen functional groups attached to an aromatic ring is 1. The van der Waals surface area contributed by atoms with Gasteiger partial charge in [0.15, 0.2) is 28.4 Å². The average Bonchev–Trinajstić information content (AvgIpc) is 3.35. The van der Waals surface area contributed by atoms with Crippen LogP contribution in [-0.2, 0) is 6.54 Å². The molecular formula is C16H12N6O3. The van der Waals surface area contributed by atoms with Crippen molar-refractivity contribution in [3.05, 3.63) is 42.2 Å². The minimum atomic E-state index is 0.133. The third-order valence-electron chi connectivity index (χ3n) is 3.90. The summed E-state index contributed by atoms with van der Waals surface area (Å²) in [5, 5.41) is 8.39. The lowest BCUT2D eigenvalue weighted by Crippen LogP contribution is -2.05. The molecule has 0 radical (unpaired) electrons. The van der Waals surface area contributed by atoms with Gasteiger partial charge in [-0.05, 0) is 29.8 Å². The Labute approximate surface area is 141 Å². The van der Waals surface area contributed by atoms with E-state index in [4.69, 9.17) is 19.6 Å². The lowest BCUT2D eigenvalue weighted by Gasteiger charge is -2.05. The number of hydrogen-bond acceptors (Lipinski definition) is 8. The number of nitrogens with zero attached hydrogens (tertiary/aromatic N) is 5. The summed E-state index contributed by atoms with van der Waals surface area (Å²) in [5.74, 6) is 2.15. The van der Waals surface area contributed by atoms with Crippen LogP contribution in [0.3, 0.4) is 0 Å². The molecule has 9 nitrogen and oxygen atoms in total. The molecule has 1 aliphatic heterocycles. The Hall–Kier alpha value is -3.62. The molecule has 0 atom stereocenters. The zero-order chi connectivity index (χ0) is 16.8. The Morgan fingerprint density at radius 2 is 2.04 bits per heavy atom. The van der Waals surface area contributed by atoms with Gasteiger partial charge in [0.25, 0.3) is 0 Å². The lowest BCUT2D eigenvalue weighted by atomic mass is 10.2. The highest BCUT2D eigenvalue weighted by Gasteiger charge is 2.18. The van der Waals surface area contributed by atoms with Crippen molar-refractivity contribution >= 4 is 17.1 Å². The Kier molecular flexibility index (Phi) is 2.87. The minimum absolute atomic E-state index is 0.133. The number of aromatic nitrogens is 5. The topological polar surface area (TPSA) is 114 Å². The predicted molar refractivity (Wildman–Crippen MR) is 86.9 cm³/mol. The molecule has 0 saturated heterocycles. The molecule has 124 valence electrons. The molecule has 0 unspecified atom stereocenters. The van der Waals surface area contributed by atoms with Crippen LogP contribution in [0.15, 0.2) is 41.0 Å². The van der Waals surface area contributed by atoms with Crippen molar-refractivity contribution in [3.63, 3.8) is 0 Å². The number of anilines is 1. The first kappa shape index (κ1) is 13.8. The largest absolute Gasteiger partial charge is 0.463 e. The van der Waals surface area contributed by atoms with Crippen LogP contribution in [0.2, 0.25) is 0 Å². The van der Waals surface area contributed by atoms with Crippen molar-refractivity contribution in [1.29, 1.82) is 0 Å². The third kappa shape index (κ3) is 2.24.